The monoisotopic (exact) mass is 402 g/mol. The van der Waals surface area contributed by atoms with E-state index >= 15 is 0 Å². The molecule has 28 heavy (non-hydrogen) atoms. The summed E-state index contributed by atoms with van der Waals surface area (Å²) in [5.74, 6) is 0.204. The summed E-state index contributed by atoms with van der Waals surface area (Å²) in [7, 11) is -2.16. The van der Waals surface area contributed by atoms with Gasteiger partial charge in [-0.15, -0.1) is 0 Å². The van der Waals surface area contributed by atoms with Crippen LogP contribution in [0.25, 0.3) is 0 Å². The van der Waals surface area contributed by atoms with E-state index in [9.17, 15) is 13.2 Å². The van der Waals surface area contributed by atoms with Crippen molar-refractivity contribution in [3.05, 3.63) is 59.7 Å². The molecule has 1 aliphatic carbocycles. The second kappa shape index (κ2) is 8.22. The summed E-state index contributed by atoms with van der Waals surface area (Å²) in [5.41, 5.74) is 2.74. The molecule has 2 aromatic rings. The molecule has 0 saturated carbocycles. The van der Waals surface area contributed by atoms with E-state index in [0.717, 1.165) is 35.4 Å². The van der Waals surface area contributed by atoms with E-state index in [1.54, 1.807) is 31.2 Å². The number of fused-ring (bicyclic) bond motifs is 1. The Balaban J connectivity index is 1.85. The maximum atomic E-state index is 13.0. The largest absolute Gasteiger partial charge is 0.497 e. The van der Waals surface area contributed by atoms with Crippen LogP contribution in [0.3, 0.4) is 0 Å². The van der Waals surface area contributed by atoms with Crippen molar-refractivity contribution in [2.75, 3.05) is 17.7 Å². The van der Waals surface area contributed by atoms with Gasteiger partial charge in [-0.05, 0) is 49.4 Å². The molecule has 3 rings (SSSR count). The number of anilines is 1. The lowest BCUT2D eigenvalue weighted by molar-refractivity contribution is -0.122. The SMILES string of the molecule is COc1cccc(N([C@@H](C)C(=O)N[C@H]2CCCc3ccccc32)S(C)(=O)=O)c1. The molecule has 0 heterocycles. The summed E-state index contributed by atoms with van der Waals surface area (Å²) in [5, 5.41) is 3.05. The van der Waals surface area contributed by atoms with E-state index in [4.69, 9.17) is 4.74 Å². The Morgan fingerprint density at radius 2 is 1.96 bits per heavy atom. The van der Waals surface area contributed by atoms with E-state index < -0.39 is 16.1 Å². The molecule has 0 bridgehead atoms. The normalized spacial score (nSPS) is 17.3. The fraction of sp³-hybridized carbons (Fsp3) is 0.381. The van der Waals surface area contributed by atoms with E-state index in [2.05, 4.69) is 11.4 Å². The molecule has 0 aromatic heterocycles. The predicted molar refractivity (Wildman–Crippen MR) is 110 cm³/mol. The van der Waals surface area contributed by atoms with Gasteiger partial charge in [-0.2, -0.15) is 0 Å². The Bertz CT molecular complexity index is 958. The zero-order valence-electron chi connectivity index (χ0n) is 16.4. The number of sulfonamides is 1. The molecule has 0 fully saturated rings. The molecule has 7 heteroatoms. The first-order valence-electron chi connectivity index (χ1n) is 9.33. The number of carbonyl (C=O) groups is 1. The van der Waals surface area contributed by atoms with Gasteiger partial charge >= 0.3 is 0 Å². The van der Waals surface area contributed by atoms with Crippen LogP contribution in [0.1, 0.15) is 36.9 Å². The predicted octanol–water partition coefficient (Wildman–Crippen LogP) is 3.04. The summed E-state index contributed by atoms with van der Waals surface area (Å²) >= 11 is 0. The summed E-state index contributed by atoms with van der Waals surface area (Å²) < 4.78 is 31.3. The van der Waals surface area contributed by atoms with Gasteiger partial charge < -0.3 is 10.1 Å². The highest BCUT2D eigenvalue weighted by Crippen LogP contribution is 2.30. The molecule has 6 nitrogen and oxygen atoms in total. The zero-order chi connectivity index (χ0) is 20.3. The van der Waals surface area contributed by atoms with Crippen molar-refractivity contribution in [3.8, 4) is 5.75 Å². The van der Waals surface area contributed by atoms with Crippen LogP contribution in [0.2, 0.25) is 0 Å². The van der Waals surface area contributed by atoms with Crippen molar-refractivity contribution in [2.24, 2.45) is 0 Å². The summed E-state index contributed by atoms with van der Waals surface area (Å²) in [6.45, 7) is 1.60. The van der Waals surface area contributed by atoms with Gasteiger partial charge in [0.15, 0.2) is 0 Å². The number of carbonyl (C=O) groups excluding carboxylic acids is 1. The van der Waals surface area contributed by atoms with Crippen molar-refractivity contribution >= 4 is 21.6 Å². The molecule has 150 valence electrons. The Kier molecular flexibility index (Phi) is 5.93. The summed E-state index contributed by atoms with van der Waals surface area (Å²) in [6, 6.07) is 13.8. The summed E-state index contributed by atoms with van der Waals surface area (Å²) in [6.07, 6.45) is 3.93. The third kappa shape index (κ3) is 4.30. The van der Waals surface area contributed by atoms with Crippen LogP contribution in [0.15, 0.2) is 48.5 Å². The van der Waals surface area contributed by atoms with Gasteiger partial charge in [0.05, 0.1) is 25.1 Å². The van der Waals surface area contributed by atoms with Crippen molar-refractivity contribution in [2.45, 2.75) is 38.3 Å². The number of hydrogen-bond acceptors (Lipinski definition) is 4. The fourth-order valence-corrected chi connectivity index (χ4v) is 4.92. The van der Waals surface area contributed by atoms with Gasteiger partial charge in [-0.1, -0.05) is 30.3 Å². The van der Waals surface area contributed by atoms with Crippen LogP contribution in [0.4, 0.5) is 5.69 Å². The second-order valence-corrected chi connectivity index (χ2v) is 8.95. The van der Waals surface area contributed by atoms with E-state index in [-0.39, 0.29) is 11.9 Å². The molecule has 0 spiro atoms. The number of hydrogen-bond donors (Lipinski definition) is 1. The zero-order valence-corrected chi connectivity index (χ0v) is 17.2. The van der Waals surface area contributed by atoms with Gasteiger partial charge in [0, 0.05) is 6.07 Å². The molecule has 1 N–H and O–H groups in total. The smallest absolute Gasteiger partial charge is 0.244 e. The van der Waals surface area contributed by atoms with Crippen LogP contribution in [-0.4, -0.2) is 33.7 Å². The first-order valence-corrected chi connectivity index (χ1v) is 11.2. The number of rotatable bonds is 6. The number of ether oxygens (including phenoxy) is 1. The highest BCUT2D eigenvalue weighted by molar-refractivity contribution is 7.92. The Morgan fingerprint density at radius 1 is 1.21 bits per heavy atom. The van der Waals surface area contributed by atoms with Crippen molar-refractivity contribution in [1.82, 2.24) is 5.32 Å². The lowest BCUT2D eigenvalue weighted by Crippen LogP contribution is -2.49. The van der Waals surface area contributed by atoms with Gasteiger partial charge in [-0.3, -0.25) is 9.10 Å². The third-order valence-corrected chi connectivity index (χ3v) is 6.32. The molecule has 1 amide bonds. The van der Waals surface area contributed by atoms with Gasteiger partial charge in [0.1, 0.15) is 11.8 Å². The molecule has 2 atom stereocenters. The quantitative estimate of drug-likeness (QED) is 0.806. The average molecular weight is 403 g/mol. The first-order chi connectivity index (χ1) is 13.3. The highest BCUT2D eigenvalue weighted by Gasteiger charge is 2.31. The van der Waals surface area contributed by atoms with Gasteiger partial charge in [0.25, 0.3) is 0 Å². The fourth-order valence-electron chi connectivity index (χ4n) is 3.75. The topological polar surface area (TPSA) is 75.7 Å². The number of methoxy groups -OCH3 is 1. The average Bonchev–Trinajstić information content (AvgIpc) is 2.67. The van der Waals surface area contributed by atoms with Crippen LogP contribution in [0.5, 0.6) is 5.75 Å². The molecule has 0 unspecified atom stereocenters. The van der Waals surface area contributed by atoms with Gasteiger partial charge in [0.2, 0.25) is 15.9 Å². The lowest BCUT2D eigenvalue weighted by Gasteiger charge is -2.31. The molecule has 0 radical (unpaired) electrons. The van der Waals surface area contributed by atoms with Crippen molar-refractivity contribution < 1.29 is 17.9 Å². The van der Waals surface area contributed by atoms with Gasteiger partial charge in [-0.25, -0.2) is 8.42 Å². The molecule has 1 aliphatic rings. The Hall–Kier alpha value is -2.54. The van der Waals surface area contributed by atoms with Crippen LogP contribution in [0, 0.1) is 0 Å². The molecule has 0 saturated heterocycles. The van der Waals surface area contributed by atoms with E-state index in [0.29, 0.717) is 11.4 Å². The van der Waals surface area contributed by atoms with Crippen LogP contribution < -0.4 is 14.4 Å². The van der Waals surface area contributed by atoms with Crippen molar-refractivity contribution in [3.63, 3.8) is 0 Å². The first kappa shape index (κ1) is 20.2. The molecular formula is C21H26N2O4S. The minimum Gasteiger partial charge on any atom is -0.497 e. The second-order valence-electron chi connectivity index (χ2n) is 7.09. The number of amides is 1. The lowest BCUT2D eigenvalue weighted by atomic mass is 9.87. The maximum absolute atomic E-state index is 13.0. The number of nitrogens with zero attached hydrogens (tertiary/aromatic N) is 1. The van der Waals surface area contributed by atoms with E-state index in [1.807, 2.05) is 18.2 Å². The standard InChI is InChI=1S/C21H26N2O4S/c1-15(23(28(3,25)26)17-10-7-11-18(14-17)27-2)21(24)22-20-13-6-9-16-8-4-5-12-19(16)20/h4-5,7-8,10-12,14-15,20H,6,9,13H2,1-3H3,(H,22,24)/t15-,20-/m0/s1. The minimum absolute atomic E-state index is 0.105. The third-order valence-electron chi connectivity index (χ3n) is 5.08. The molecule has 0 aliphatic heterocycles. The molecular weight excluding hydrogens is 376 g/mol. The minimum atomic E-state index is -3.67. The maximum Gasteiger partial charge on any atom is 0.244 e. The highest BCUT2D eigenvalue weighted by atomic mass is 32.2. The van der Waals surface area contributed by atoms with Crippen molar-refractivity contribution in [1.29, 1.82) is 0 Å². The summed E-state index contributed by atoms with van der Waals surface area (Å²) in [4.78, 5) is 13.0. The Labute approximate surface area is 166 Å². The number of aryl methyl sites for hydroxylation is 1. The Morgan fingerprint density at radius 3 is 2.68 bits per heavy atom. The number of benzene rings is 2. The van der Waals surface area contributed by atoms with Crippen LogP contribution in [-0.2, 0) is 21.2 Å². The van der Waals surface area contributed by atoms with Crippen LogP contribution >= 0.6 is 0 Å². The van der Waals surface area contributed by atoms with E-state index in [1.165, 1.54) is 12.7 Å². The molecule has 2 aromatic carbocycles. The number of nitrogens with one attached hydrogen (secondary N) is 1.